The van der Waals surface area contributed by atoms with Crippen molar-refractivity contribution in [3.05, 3.63) is 65.2 Å². The van der Waals surface area contributed by atoms with Gasteiger partial charge in [0.15, 0.2) is 6.61 Å². The van der Waals surface area contributed by atoms with Gasteiger partial charge in [0.2, 0.25) is 0 Å². The Morgan fingerprint density at radius 3 is 2.64 bits per heavy atom. The lowest BCUT2D eigenvalue weighted by Gasteiger charge is -2.32. The fourth-order valence-corrected chi connectivity index (χ4v) is 6.33. The van der Waals surface area contributed by atoms with E-state index in [1.165, 1.54) is 5.56 Å². The first kappa shape index (κ1) is 28.9. The first-order valence-electron chi connectivity index (χ1n) is 14.5. The van der Waals surface area contributed by atoms with Crippen molar-refractivity contribution < 1.29 is 28.9 Å². The third-order valence-corrected chi connectivity index (χ3v) is 8.36. The minimum Gasteiger partial charge on any atom is -0.482 e. The Hall–Kier alpha value is -3.06. The van der Waals surface area contributed by atoms with Crippen LogP contribution in [0, 0.1) is 17.8 Å². The predicted molar refractivity (Wildman–Crippen MR) is 149 cm³/mol. The molecule has 0 heterocycles. The molecule has 5 atom stereocenters. The maximum Gasteiger partial charge on any atom is 0.407 e. The summed E-state index contributed by atoms with van der Waals surface area (Å²) in [5, 5.41) is 13.6. The van der Waals surface area contributed by atoms with Crippen LogP contribution in [-0.2, 0) is 33.7 Å². The normalized spacial score (nSPS) is 22.3. The molecular formula is C32H43NO6. The van der Waals surface area contributed by atoms with Gasteiger partial charge >= 0.3 is 12.1 Å². The molecule has 4 rings (SSSR count). The van der Waals surface area contributed by atoms with Gasteiger partial charge < -0.3 is 24.6 Å². The number of aliphatic hydroxyl groups is 1. The number of carbonyl (C=O) groups is 2. The van der Waals surface area contributed by atoms with Crippen molar-refractivity contribution in [3.8, 4) is 5.75 Å². The third kappa shape index (κ3) is 7.98. The molecule has 7 heteroatoms. The zero-order chi connectivity index (χ0) is 27.6. The summed E-state index contributed by atoms with van der Waals surface area (Å²) in [6.45, 7) is 2.26. The summed E-state index contributed by atoms with van der Waals surface area (Å²) < 4.78 is 17.0. The van der Waals surface area contributed by atoms with Crippen LogP contribution in [0.5, 0.6) is 5.75 Å². The number of fused-ring (bicyclic) bond motifs is 2. The number of nitrogens with one attached hydrogen (secondary N) is 1. The molecule has 0 radical (unpaired) electrons. The van der Waals surface area contributed by atoms with E-state index in [9.17, 15) is 14.7 Å². The van der Waals surface area contributed by atoms with Crippen LogP contribution >= 0.6 is 0 Å². The monoisotopic (exact) mass is 537 g/mol. The number of esters is 1. The standard InChI is InChI=1S/C32H43NO6/c1-3-4-6-13-25(39-32(36)33-2)15-16-26-27-17-23-12-9-14-30(28(23)18-24(27)19-29(26)34)37-21-31(35)38-20-22-10-7-5-8-11-22/h5,7-12,14,24-27,29,34H,3-4,6,13,15-21H2,1-2H3,(H,33,36)/t24?,25-,26+,27-,29+/m0/s1. The average Bonchev–Trinajstić information content (AvgIpc) is 3.26. The first-order valence-corrected chi connectivity index (χ1v) is 14.5. The van der Waals surface area contributed by atoms with Gasteiger partial charge in [-0.1, -0.05) is 62.2 Å². The second-order valence-electron chi connectivity index (χ2n) is 11.0. The molecule has 0 bridgehead atoms. The van der Waals surface area contributed by atoms with E-state index in [0.717, 1.165) is 74.7 Å². The van der Waals surface area contributed by atoms with E-state index in [2.05, 4.69) is 18.3 Å². The van der Waals surface area contributed by atoms with Gasteiger partial charge in [-0.15, -0.1) is 0 Å². The van der Waals surface area contributed by atoms with Crippen LogP contribution in [0.1, 0.15) is 68.6 Å². The minimum atomic E-state index is -0.394. The van der Waals surface area contributed by atoms with Crippen LogP contribution in [0.25, 0.3) is 0 Å². The van der Waals surface area contributed by atoms with Gasteiger partial charge in [0.25, 0.3) is 0 Å². The Bertz CT molecular complexity index is 1070. The van der Waals surface area contributed by atoms with Crippen LogP contribution in [0.4, 0.5) is 4.79 Å². The zero-order valence-corrected chi connectivity index (χ0v) is 23.3. The fourth-order valence-electron chi connectivity index (χ4n) is 6.33. The number of amides is 1. The molecular weight excluding hydrogens is 494 g/mol. The first-order chi connectivity index (χ1) is 19.0. The average molecular weight is 538 g/mol. The highest BCUT2D eigenvalue weighted by molar-refractivity contribution is 5.71. The lowest BCUT2D eigenvalue weighted by molar-refractivity contribution is -0.147. The molecule has 2 aromatic rings. The van der Waals surface area contributed by atoms with Crippen LogP contribution < -0.4 is 10.1 Å². The van der Waals surface area contributed by atoms with Crippen LogP contribution in [0.2, 0.25) is 0 Å². The van der Waals surface area contributed by atoms with Crippen molar-refractivity contribution in [2.24, 2.45) is 17.8 Å². The second kappa shape index (κ2) is 14.4. The molecule has 0 spiro atoms. The molecule has 7 nitrogen and oxygen atoms in total. The maximum atomic E-state index is 12.3. The Morgan fingerprint density at radius 2 is 1.87 bits per heavy atom. The van der Waals surface area contributed by atoms with Gasteiger partial charge in [0, 0.05) is 7.05 Å². The number of aliphatic hydroxyl groups excluding tert-OH is 1. The molecule has 1 fully saturated rings. The number of unbranched alkanes of at least 4 members (excludes halogenated alkanes) is 2. The summed E-state index contributed by atoms with van der Waals surface area (Å²) in [6.07, 6.45) is 7.35. The van der Waals surface area contributed by atoms with Crippen LogP contribution in [0.3, 0.4) is 0 Å². The molecule has 2 aliphatic rings. The Kier molecular flexibility index (Phi) is 10.7. The van der Waals surface area contributed by atoms with Gasteiger partial charge in [0.1, 0.15) is 18.5 Å². The number of hydrogen-bond acceptors (Lipinski definition) is 6. The number of ether oxygens (including phenoxy) is 3. The van der Waals surface area contributed by atoms with Crippen molar-refractivity contribution in [3.63, 3.8) is 0 Å². The maximum absolute atomic E-state index is 12.3. The summed E-state index contributed by atoms with van der Waals surface area (Å²) in [7, 11) is 1.59. The minimum absolute atomic E-state index is 0.125. The van der Waals surface area contributed by atoms with Gasteiger partial charge in [-0.3, -0.25) is 0 Å². The van der Waals surface area contributed by atoms with E-state index in [1.807, 2.05) is 42.5 Å². The van der Waals surface area contributed by atoms with Crippen molar-refractivity contribution in [2.45, 2.75) is 83.5 Å². The highest BCUT2D eigenvalue weighted by atomic mass is 16.6. The number of rotatable bonds is 13. The number of alkyl carbamates (subject to hydrolysis) is 1. The van der Waals surface area contributed by atoms with E-state index >= 15 is 0 Å². The SMILES string of the molecule is CCCCC[C@@H](CC[C@H]1[C@H](O)CC2Cc3c(cccc3OCC(=O)OCc3ccccc3)C[C@@H]21)OC(=O)NC. The quantitative estimate of drug-likeness (QED) is 0.255. The Balaban J connectivity index is 1.34. The molecule has 1 unspecified atom stereocenters. The number of hydrogen-bond donors (Lipinski definition) is 2. The molecule has 2 aliphatic carbocycles. The van der Waals surface area contributed by atoms with Crippen LogP contribution in [0.15, 0.2) is 48.5 Å². The summed E-state index contributed by atoms with van der Waals surface area (Å²) in [5.41, 5.74) is 3.31. The zero-order valence-electron chi connectivity index (χ0n) is 23.3. The molecule has 2 aromatic carbocycles. The number of benzene rings is 2. The molecule has 39 heavy (non-hydrogen) atoms. The molecule has 1 saturated carbocycles. The molecule has 0 saturated heterocycles. The van der Waals surface area contributed by atoms with Gasteiger partial charge in [0.05, 0.1) is 6.10 Å². The van der Waals surface area contributed by atoms with E-state index in [-0.39, 0.29) is 37.4 Å². The molecule has 2 N–H and O–H groups in total. The summed E-state index contributed by atoms with van der Waals surface area (Å²) >= 11 is 0. The van der Waals surface area contributed by atoms with Gasteiger partial charge in [-0.05, 0) is 85.5 Å². The predicted octanol–water partition coefficient (Wildman–Crippen LogP) is 5.61. The molecule has 1 amide bonds. The topological polar surface area (TPSA) is 94.1 Å². The lowest BCUT2D eigenvalue weighted by Crippen LogP contribution is -2.30. The number of carbonyl (C=O) groups excluding carboxylic acids is 2. The van der Waals surface area contributed by atoms with Gasteiger partial charge in [-0.2, -0.15) is 0 Å². The van der Waals surface area contributed by atoms with Crippen LogP contribution in [-0.4, -0.2) is 43.0 Å². The highest BCUT2D eigenvalue weighted by Crippen LogP contribution is 2.48. The molecule has 0 aromatic heterocycles. The summed E-state index contributed by atoms with van der Waals surface area (Å²) in [6, 6.07) is 15.6. The Labute approximate surface area is 232 Å². The van der Waals surface area contributed by atoms with E-state index in [0.29, 0.717) is 11.8 Å². The van der Waals surface area contributed by atoms with Crippen molar-refractivity contribution in [2.75, 3.05) is 13.7 Å². The smallest absolute Gasteiger partial charge is 0.407 e. The summed E-state index contributed by atoms with van der Waals surface area (Å²) in [4.78, 5) is 24.2. The van der Waals surface area contributed by atoms with E-state index in [4.69, 9.17) is 14.2 Å². The summed E-state index contributed by atoms with van der Waals surface area (Å²) in [5.74, 6) is 1.27. The second-order valence-corrected chi connectivity index (χ2v) is 11.0. The van der Waals surface area contributed by atoms with Crippen molar-refractivity contribution in [1.82, 2.24) is 5.32 Å². The molecule has 212 valence electrons. The third-order valence-electron chi connectivity index (χ3n) is 8.36. The lowest BCUT2D eigenvalue weighted by atomic mass is 9.73. The van der Waals surface area contributed by atoms with Gasteiger partial charge in [-0.25, -0.2) is 9.59 Å². The fraction of sp³-hybridized carbons (Fsp3) is 0.562. The Morgan fingerprint density at radius 1 is 1.05 bits per heavy atom. The highest BCUT2D eigenvalue weighted by Gasteiger charge is 2.45. The largest absolute Gasteiger partial charge is 0.482 e. The van der Waals surface area contributed by atoms with Crippen molar-refractivity contribution in [1.29, 1.82) is 0 Å². The van der Waals surface area contributed by atoms with E-state index < -0.39 is 5.97 Å². The van der Waals surface area contributed by atoms with E-state index in [1.54, 1.807) is 7.05 Å². The molecule has 0 aliphatic heterocycles. The van der Waals surface area contributed by atoms with Crippen molar-refractivity contribution >= 4 is 12.1 Å².